The molecule has 568 valence electrons. The lowest BCUT2D eigenvalue weighted by atomic mass is 9.73. The number of hydrogen-bond acceptors (Lipinski definition) is 0. The van der Waals surface area contributed by atoms with E-state index in [-0.39, 0.29) is 0 Å². The molecule has 0 saturated heterocycles. The van der Waals surface area contributed by atoms with Crippen molar-refractivity contribution in [3.8, 4) is 134 Å². The molecule has 2 aromatic heterocycles. The fourth-order valence-corrected chi connectivity index (χ4v) is 20.7. The topological polar surface area (TPSA) is 9.86 Å². The number of nitrogens with zero attached hydrogens (tertiary/aromatic N) is 2. The zero-order chi connectivity index (χ0) is 80.3. The Kier molecular flexibility index (Phi) is 16.8. The van der Waals surface area contributed by atoms with Crippen LogP contribution in [0.1, 0.15) is 23.2 Å². The molecule has 0 aliphatic heterocycles. The molecular weight excluding hydrogens is 1470 g/mol. The molecule has 0 saturated carbocycles. The van der Waals surface area contributed by atoms with Gasteiger partial charge in [0.15, 0.2) is 0 Å². The summed E-state index contributed by atoms with van der Waals surface area (Å²) >= 11 is 0. The third-order valence-electron chi connectivity index (χ3n) is 25.9. The molecule has 0 amide bonds. The van der Waals surface area contributed by atoms with E-state index in [0.29, 0.717) is 0 Å². The molecule has 0 atom stereocenters. The highest BCUT2D eigenvalue weighted by Gasteiger charge is 2.34. The number of aromatic nitrogens is 2. The number of fused-ring (bicyclic) bond motifs is 12. The maximum absolute atomic E-state index is 2.57. The summed E-state index contributed by atoms with van der Waals surface area (Å²) in [6, 6.07) is 166. The van der Waals surface area contributed by atoms with E-state index < -0.39 is 0 Å². The molecule has 0 N–H and O–H groups in total. The van der Waals surface area contributed by atoms with Crippen molar-refractivity contribution in [1.82, 2.24) is 9.13 Å². The predicted molar refractivity (Wildman–Crippen MR) is 519 cm³/mol. The van der Waals surface area contributed by atoms with Crippen molar-refractivity contribution in [3.63, 3.8) is 0 Å². The minimum Gasteiger partial charge on any atom is -0.313 e. The summed E-state index contributed by atoms with van der Waals surface area (Å²) in [5, 5.41) is 15.8. The summed E-state index contributed by atoms with van der Waals surface area (Å²) in [4.78, 5) is 0. The van der Waals surface area contributed by atoms with Crippen LogP contribution < -0.4 is 0 Å². The highest BCUT2D eigenvalue weighted by atomic mass is 15.0. The van der Waals surface area contributed by atoms with E-state index in [2.05, 4.69) is 458 Å². The summed E-state index contributed by atoms with van der Waals surface area (Å²) in [7, 11) is 0. The Morgan fingerprint density at radius 1 is 0.156 bits per heavy atom. The van der Waals surface area contributed by atoms with Crippen LogP contribution in [0.25, 0.3) is 232 Å². The first-order valence-electron chi connectivity index (χ1n) is 42.6. The Labute approximate surface area is 708 Å². The van der Waals surface area contributed by atoms with Gasteiger partial charge in [0.05, 0.1) is 16.6 Å². The predicted octanol–water partition coefficient (Wildman–Crippen LogP) is 32.8. The van der Waals surface area contributed by atoms with Gasteiger partial charge in [-0.1, -0.05) is 382 Å². The van der Waals surface area contributed by atoms with Crippen molar-refractivity contribution in [2.45, 2.75) is 12.8 Å². The van der Waals surface area contributed by atoms with Crippen LogP contribution in [-0.2, 0) is 6.42 Å². The maximum atomic E-state index is 2.57. The van der Waals surface area contributed by atoms with Crippen molar-refractivity contribution in [2.24, 2.45) is 0 Å². The fourth-order valence-electron chi connectivity index (χ4n) is 20.7. The Hall–Kier alpha value is -15.7. The zero-order valence-corrected chi connectivity index (χ0v) is 67.0. The Balaban J connectivity index is 0.840. The standard InChI is InChI=1S/C120H78N2/c1-11-33-77(34-12-1)89-61-69-103-99(73-89)100-74-90(78-35-13-2-14-36-78)62-70-104(100)121(103)93-65-57-87(58-66-93)110-109(83-45-23-7-24-46-83)114(88-59-67-94(68-60-88)122-105-71-63-91(79-37-15-3-16-38-79)75-101(105)102-76-92(64-72-106(102)122)80-39-17-4-18-40-80)120-98-56-32-54-96-116(98)115-95(53-31-55-97(115)119(120)113(110)86-51-29-10-30-52-86)117-111(84-47-25-8-26-48-84)107(81-41-19-5-20-42-81)108(82-43-21-6-22-44-82)112(118(96)117)85-49-27-9-28-50-85/h1-61,63-69,71-76H,62,70H2. The first-order chi connectivity index (χ1) is 60.6. The van der Waals surface area contributed by atoms with Crippen LogP contribution >= 0.6 is 0 Å². The van der Waals surface area contributed by atoms with Crippen molar-refractivity contribution in [2.75, 3.05) is 0 Å². The molecule has 0 fully saturated rings. The molecule has 2 nitrogen and oxygen atoms in total. The van der Waals surface area contributed by atoms with Crippen molar-refractivity contribution >= 4 is 98.2 Å². The molecule has 122 heavy (non-hydrogen) atoms. The summed E-state index contributed by atoms with van der Waals surface area (Å²) in [5.41, 5.74) is 36.8. The Morgan fingerprint density at radius 3 is 0.721 bits per heavy atom. The van der Waals surface area contributed by atoms with Crippen LogP contribution in [0.5, 0.6) is 0 Å². The van der Waals surface area contributed by atoms with Crippen LogP contribution in [0.4, 0.5) is 0 Å². The smallest absolute Gasteiger partial charge is 0.0541 e. The minimum atomic E-state index is 0.898. The summed E-state index contributed by atoms with van der Waals surface area (Å²) in [5.74, 6) is 0. The molecule has 0 spiro atoms. The van der Waals surface area contributed by atoms with E-state index in [9.17, 15) is 0 Å². The molecule has 0 unspecified atom stereocenters. The third-order valence-corrected chi connectivity index (χ3v) is 25.9. The van der Waals surface area contributed by atoms with Gasteiger partial charge < -0.3 is 9.13 Å². The molecule has 24 rings (SSSR count). The number of benzene rings is 21. The highest BCUT2D eigenvalue weighted by molar-refractivity contribution is 6.46. The largest absolute Gasteiger partial charge is 0.313 e. The van der Waals surface area contributed by atoms with Crippen LogP contribution in [0.2, 0.25) is 0 Å². The second-order valence-corrected chi connectivity index (χ2v) is 32.6. The molecule has 0 radical (unpaired) electrons. The fraction of sp³-hybridized carbons (Fsp3) is 0.0167. The third kappa shape index (κ3) is 11.4. The minimum absolute atomic E-state index is 0.898. The monoisotopic (exact) mass is 1550 g/mol. The zero-order valence-electron chi connectivity index (χ0n) is 67.0. The SMILES string of the molecule is C1=C(c2ccccc2)CCc2c1c1cc(-c3ccccc3)ccc1n2-c1ccc(-c2c(-c3ccccc3)c(-c3ccc(-n4c5ccc(-c6ccccc6)cc5c5cc(-c6ccccc6)ccc54)cc3)c3c4cccc5c6c(-c7ccccc7)c(-c7ccccc7)c(-c7ccccc7)c(-c7ccccc7)c6c6cccc(c3c2-c2ccccc2)c6c54)cc1. The van der Waals surface area contributed by atoms with Gasteiger partial charge in [-0.05, 0) is 267 Å². The molecular formula is C120H78N2. The molecule has 1 aliphatic carbocycles. The van der Waals surface area contributed by atoms with Gasteiger partial charge in [-0.25, -0.2) is 0 Å². The summed E-state index contributed by atoms with van der Waals surface area (Å²) < 4.78 is 5.06. The lowest BCUT2D eigenvalue weighted by molar-refractivity contribution is 0.898. The van der Waals surface area contributed by atoms with E-state index in [1.54, 1.807) is 0 Å². The number of rotatable bonds is 14. The second kappa shape index (κ2) is 29.1. The van der Waals surface area contributed by atoms with Crippen molar-refractivity contribution < 1.29 is 0 Å². The van der Waals surface area contributed by atoms with Gasteiger partial charge >= 0.3 is 0 Å². The maximum Gasteiger partial charge on any atom is 0.0541 e. The van der Waals surface area contributed by atoms with E-state index in [4.69, 9.17) is 0 Å². The molecule has 1 aliphatic rings. The number of allylic oxidation sites excluding steroid dienone is 1. The average Bonchev–Trinajstić information content (AvgIpc) is 0.831. The van der Waals surface area contributed by atoms with Crippen molar-refractivity contribution in [1.29, 1.82) is 0 Å². The van der Waals surface area contributed by atoms with Gasteiger partial charge in [-0.3, -0.25) is 0 Å². The van der Waals surface area contributed by atoms with Gasteiger partial charge in [0.1, 0.15) is 0 Å². The summed E-state index contributed by atoms with van der Waals surface area (Å²) in [6.07, 6.45) is 4.32. The molecule has 23 aromatic rings. The van der Waals surface area contributed by atoms with Crippen LogP contribution in [0, 0.1) is 0 Å². The van der Waals surface area contributed by atoms with Gasteiger partial charge in [0, 0.05) is 38.8 Å². The Bertz CT molecular complexity index is 7940. The van der Waals surface area contributed by atoms with E-state index in [1.807, 2.05) is 0 Å². The number of hydrogen-bond donors (Lipinski definition) is 0. The van der Waals surface area contributed by atoms with Gasteiger partial charge in [0.25, 0.3) is 0 Å². The van der Waals surface area contributed by atoms with Gasteiger partial charge in [-0.2, -0.15) is 0 Å². The lowest BCUT2D eigenvalue weighted by Crippen LogP contribution is -2.05. The Morgan fingerprint density at radius 2 is 0.402 bits per heavy atom. The van der Waals surface area contributed by atoms with Gasteiger partial charge in [-0.15, -0.1) is 0 Å². The van der Waals surface area contributed by atoms with E-state index in [0.717, 1.165) is 79.8 Å². The lowest BCUT2D eigenvalue weighted by Gasteiger charge is -2.29. The first kappa shape index (κ1) is 70.5. The normalized spacial score (nSPS) is 12.2. The van der Waals surface area contributed by atoms with E-state index in [1.165, 1.54) is 176 Å². The average molecular weight is 1550 g/mol. The molecule has 2 heterocycles. The quantitative estimate of drug-likeness (QED) is 0.0759. The first-order valence-corrected chi connectivity index (χ1v) is 42.6. The molecule has 21 aromatic carbocycles. The van der Waals surface area contributed by atoms with Crippen molar-refractivity contribution in [3.05, 3.63) is 460 Å². The highest BCUT2D eigenvalue weighted by Crippen LogP contribution is 2.61. The summed E-state index contributed by atoms with van der Waals surface area (Å²) in [6.45, 7) is 0. The van der Waals surface area contributed by atoms with Gasteiger partial charge in [0.2, 0.25) is 0 Å². The van der Waals surface area contributed by atoms with Crippen LogP contribution in [0.3, 0.4) is 0 Å². The van der Waals surface area contributed by atoms with E-state index >= 15 is 0 Å². The molecule has 2 heteroatoms. The second-order valence-electron chi connectivity index (χ2n) is 32.6. The van der Waals surface area contributed by atoms with Crippen LogP contribution in [-0.4, -0.2) is 9.13 Å². The molecule has 0 bridgehead atoms. The van der Waals surface area contributed by atoms with Crippen LogP contribution in [0.15, 0.2) is 443 Å².